The van der Waals surface area contributed by atoms with E-state index in [2.05, 4.69) is 129 Å². The molecular weight excluding hydrogens is 585 g/mol. The van der Waals surface area contributed by atoms with Gasteiger partial charge in [-0.25, -0.2) is 4.85 Å². The lowest BCUT2D eigenvalue weighted by atomic mass is 9.95. The quantitative estimate of drug-likeness (QED) is 0.183. The lowest BCUT2D eigenvalue weighted by Crippen LogP contribution is -1.98. The van der Waals surface area contributed by atoms with E-state index in [1.54, 1.807) is 0 Å². The fraction of sp³-hybridized carbons (Fsp3) is 0. The Morgan fingerprint density at radius 2 is 1.08 bits per heavy atom. The van der Waals surface area contributed by atoms with Crippen molar-refractivity contribution in [2.24, 2.45) is 0 Å². The van der Waals surface area contributed by atoms with Gasteiger partial charge in [0.2, 0.25) is 5.69 Å². The molecule has 7 aromatic carbocycles. The number of nitrogens with zero attached hydrogens (tertiary/aromatic N) is 4. The van der Waals surface area contributed by atoms with E-state index >= 15 is 0 Å². The number of aromatic nitrogens is 2. The van der Waals surface area contributed by atoms with Gasteiger partial charge in [-0.15, -0.1) is 0 Å². The highest BCUT2D eigenvalue weighted by Crippen LogP contribution is 2.41. The Labute approximate surface area is 277 Å². The molecule has 222 valence electrons. The second-order valence-electron chi connectivity index (χ2n) is 12.0. The topological polar surface area (TPSA) is 38.0 Å². The molecule has 0 radical (unpaired) electrons. The van der Waals surface area contributed by atoms with Crippen LogP contribution in [0.1, 0.15) is 5.56 Å². The zero-order valence-corrected chi connectivity index (χ0v) is 25.8. The molecule has 0 atom stereocenters. The summed E-state index contributed by atoms with van der Waals surface area (Å²) in [6.45, 7) is 7.98. The third kappa shape index (κ3) is 4.14. The summed E-state index contributed by atoms with van der Waals surface area (Å²) in [5, 5.41) is 14.8. The molecule has 4 heteroatoms. The highest BCUT2D eigenvalue weighted by molar-refractivity contribution is 6.14. The van der Waals surface area contributed by atoms with Gasteiger partial charge in [0.15, 0.2) is 0 Å². The summed E-state index contributed by atoms with van der Waals surface area (Å²) >= 11 is 0. The molecule has 0 unspecified atom stereocenters. The van der Waals surface area contributed by atoms with Crippen LogP contribution in [0.5, 0.6) is 0 Å². The van der Waals surface area contributed by atoms with Crippen molar-refractivity contribution in [2.75, 3.05) is 0 Å². The van der Waals surface area contributed by atoms with Crippen molar-refractivity contribution in [1.82, 2.24) is 9.13 Å². The Bertz CT molecular complexity index is 2760. The summed E-state index contributed by atoms with van der Waals surface area (Å²) in [4.78, 5) is 3.91. The predicted molar refractivity (Wildman–Crippen MR) is 197 cm³/mol. The normalized spacial score (nSPS) is 11.3. The summed E-state index contributed by atoms with van der Waals surface area (Å²) in [6, 6.07) is 56.6. The van der Waals surface area contributed by atoms with E-state index in [1.807, 2.05) is 48.5 Å². The van der Waals surface area contributed by atoms with Crippen LogP contribution in [0.4, 0.5) is 5.69 Å². The van der Waals surface area contributed by atoms with E-state index in [1.165, 1.54) is 10.8 Å². The van der Waals surface area contributed by atoms with Gasteiger partial charge >= 0.3 is 0 Å². The van der Waals surface area contributed by atoms with Gasteiger partial charge in [-0.1, -0.05) is 103 Å². The van der Waals surface area contributed by atoms with Gasteiger partial charge in [-0.3, -0.25) is 0 Å². The molecule has 2 aromatic heterocycles. The van der Waals surface area contributed by atoms with Crippen molar-refractivity contribution in [3.05, 3.63) is 175 Å². The summed E-state index contributed by atoms with van der Waals surface area (Å²) in [7, 11) is 0. The molecule has 0 saturated heterocycles. The van der Waals surface area contributed by atoms with Gasteiger partial charge in [-0.2, -0.15) is 5.26 Å². The van der Waals surface area contributed by atoms with Crippen molar-refractivity contribution in [1.29, 1.82) is 5.26 Å². The molecule has 48 heavy (non-hydrogen) atoms. The molecule has 0 bridgehead atoms. The van der Waals surface area contributed by atoms with Gasteiger partial charge in [0.1, 0.15) is 0 Å². The first-order chi connectivity index (χ1) is 23.7. The monoisotopic (exact) mass is 610 g/mol. The van der Waals surface area contributed by atoms with Gasteiger partial charge in [0.25, 0.3) is 0 Å². The number of benzene rings is 7. The van der Waals surface area contributed by atoms with E-state index in [9.17, 15) is 5.26 Å². The summed E-state index contributed by atoms with van der Waals surface area (Å²) < 4.78 is 4.52. The van der Waals surface area contributed by atoms with E-state index < -0.39 is 0 Å². The standard InChI is InChI=1S/C44H26N4/c1-46-39-19-11-18-38-37-17-5-9-23-43(37)48(44(38)39)40-20-6-2-14-34(40)32-25-29(28-45)24-31(26-32)30-12-10-13-33(27-30)47-41-21-7-3-15-35(41)36-16-4-8-22-42(36)47/h2-27H. The van der Waals surface area contributed by atoms with Crippen LogP contribution in [0.2, 0.25) is 0 Å². The lowest BCUT2D eigenvalue weighted by molar-refractivity contribution is 1.18. The maximum absolute atomic E-state index is 10.2. The molecule has 0 N–H and O–H groups in total. The SMILES string of the molecule is [C-]#[N+]c1cccc2c3ccccc3n(-c3ccccc3-c3cc(C#N)cc(-c4cccc(-n5c6ccccc6c6ccccc65)c4)c3)c12. The molecule has 0 aliphatic carbocycles. The van der Waals surface area contributed by atoms with E-state index in [-0.39, 0.29) is 0 Å². The van der Waals surface area contributed by atoms with Crippen molar-refractivity contribution < 1.29 is 0 Å². The lowest BCUT2D eigenvalue weighted by Gasteiger charge is -2.16. The van der Waals surface area contributed by atoms with Crippen LogP contribution in [0, 0.1) is 17.9 Å². The van der Waals surface area contributed by atoms with Crippen LogP contribution < -0.4 is 0 Å². The third-order valence-corrected chi connectivity index (χ3v) is 9.33. The molecular formula is C44H26N4. The number of fused-ring (bicyclic) bond motifs is 6. The second kappa shape index (κ2) is 10.9. The van der Waals surface area contributed by atoms with Crippen molar-refractivity contribution in [2.45, 2.75) is 0 Å². The Hall–Kier alpha value is -6.88. The number of hydrogen-bond acceptors (Lipinski definition) is 1. The van der Waals surface area contributed by atoms with Crippen LogP contribution in [0.25, 0.3) is 82.1 Å². The Morgan fingerprint density at radius 3 is 1.79 bits per heavy atom. The van der Waals surface area contributed by atoms with Crippen LogP contribution in [-0.4, -0.2) is 9.13 Å². The summed E-state index contributed by atoms with van der Waals surface area (Å²) in [5.41, 5.74) is 11.3. The smallest absolute Gasteiger partial charge is 0.211 e. The fourth-order valence-electron chi connectivity index (χ4n) is 7.29. The van der Waals surface area contributed by atoms with Crippen LogP contribution in [0.3, 0.4) is 0 Å². The molecule has 0 spiro atoms. The number of hydrogen-bond donors (Lipinski definition) is 0. The van der Waals surface area contributed by atoms with Gasteiger partial charge in [0.05, 0.1) is 46.0 Å². The number of para-hydroxylation sites is 5. The Kier molecular flexibility index (Phi) is 6.22. The van der Waals surface area contributed by atoms with Gasteiger partial charge < -0.3 is 9.13 Å². The van der Waals surface area contributed by atoms with Crippen LogP contribution in [0.15, 0.2) is 158 Å². The van der Waals surface area contributed by atoms with E-state index in [0.29, 0.717) is 11.3 Å². The molecule has 9 aromatic rings. The molecule has 0 amide bonds. The van der Waals surface area contributed by atoms with E-state index in [4.69, 9.17) is 6.57 Å². The first kappa shape index (κ1) is 27.4. The van der Waals surface area contributed by atoms with Gasteiger partial charge in [0, 0.05) is 27.4 Å². The number of nitriles is 1. The molecule has 0 aliphatic rings. The Balaban J connectivity index is 1.25. The molecule has 2 heterocycles. The Morgan fingerprint density at radius 1 is 0.500 bits per heavy atom. The first-order valence-corrected chi connectivity index (χ1v) is 15.9. The molecule has 0 aliphatic heterocycles. The average molecular weight is 611 g/mol. The maximum atomic E-state index is 10.2. The minimum atomic E-state index is 0.587. The largest absolute Gasteiger partial charge is 0.318 e. The zero-order chi connectivity index (χ0) is 32.2. The summed E-state index contributed by atoms with van der Waals surface area (Å²) in [5.74, 6) is 0. The molecule has 0 saturated carbocycles. The van der Waals surface area contributed by atoms with Gasteiger partial charge in [-0.05, 0) is 76.7 Å². The maximum Gasteiger partial charge on any atom is 0.211 e. The van der Waals surface area contributed by atoms with Crippen molar-refractivity contribution >= 4 is 49.3 Å². The second-order valence-corrected chi connectivity index (χ2v) is 12.0. The first-order valence-electron chi connectivity index (χ1n) is 15.9. The van der Waals surface area contributed by atoms with E-state index in [0.717, 1.165) is 66.5 Å². The van der Waals surface area contributed by atoms with Crippen molar-refractivity contribution in [3.63, 3.8) is 0 Å². The van der Waals surface area contributed by atoms with Crippen molar-refractivity contribution in [3.8, 4) is 39.7 Å². The molecule has 4 nitrogen and oxygen atoms in total. The molecule has 9 rings (SSSR count). The minimum absolute atomic E-state index is 0.587. The fourth-order valence-corrected chi connectivity index (χ4v) is 7.29. The average Bonchev–Trinajstić information content (AvgIpc) is 3.68. The zero-order valence-electron chi connectivity index (χ0n) is 25.8. The third-order valence-electron chi connectivity index (χ3n) is 9.33. The van der Waals surface area contributed by atoms with Crippen LogP contribution >= 0.6 is 0 Å². The highest BCUT2D eigenvalue weighted by atomic mass is 15.0. The molecule has 0 fully saturated rings. The minimum Gasteiger partial charge on any atom is -0.318 e. The number of rotatable bonds is 4. The summed E-state index contributed by atoms with van der Waals surface area (Å²) in [6.07, 6.45) is 0. The predicted octanol–water partition coefficient (Wildman–Crippen LogP) is 11.6. The van der Waals surface area contributed by atoms with Crippen LogP contribution in [-0.2, 0) is 0 Å². The highest BCUT2D eigenvalue weighted by Gasteiger charge is 2.19.